The van der Waals surface area contributed by atoms with Gasteiger partial charge in [-0.25, -0.2) is 0 Å². The molecule has 0 nitrogen and oxygen atoms in total. The molecule has 0 saturated carbocycles. The molecule has 5 aromatic rings. The summed E-state index contributed by atoms with van der Waals surface area (Å²) in [7, 11) is 0. The van der Waals surface area contributed by atoms with E-state index in [0.29, 0.717) is 0 Å². The van der Waals surface area contributed by atoms with Crippen molar-refractivity contribution in [2.24, 2.45) is 0 Å². The van der Waals surface area contributed by atoms with Crippen molar-refractivity contribution in [3.05, 3.63) is 131 Å². The van der Waals surface area contributed by atoms with Crippen LogP contribution in [0.5, 0.6) is 0 Å². The van der Waals surface area contributed by atoms with E-state index in [9.17, 15) is 0 Å². The zero-order valence-corrected chi connectivity index (χ0v) is 17.8. The second-order valence-corrected chi connectivity index (χ2v) is 8.92. The fourth-order valence-electron chi connectivity index (χ4n) is 5.67. The maximum absolute atomic E-state index is 2.40. The maximum atomic E-state index is 2.40. The minimum atomic E-state index is 1.01. The van der Waals surface area contributed by atoms with Gasteiger partial charge in [-0.1, -0.05) is 103 Å². The Morgan fingerprint density at radius 1 is 0.344 bits per heavy atom. The van der Waals surface area contributed by atoms with E-state index in [1.54, 1.807) is 0 Å². The van der Waals surface area contributed by atoms with Gasteiger partial charge in [0.05, 0.1) is 0 Å². The number of rotatable bonds is 2. The minimum absolute atomic E-state index is 1.01. The Balaban J connectivity index is 1.40. The Hall–Kier alpha value is -3.90. The van der Waals surface area contributed by atoms with Crippen molar-refractivity contribution < 1.29 is 0 Å². The summed E-state index contributed by atoms with van der Waals surface area (Å²) in [6.07, 6.45) is 2.05. The van der Waals surface area contributed by atoms with Gasteiger partial charge in [-0.2, -0.15) is 0 Å². The summed E-state index contributed by atoms with van der Waals surface area (Å²) in [6.45, 7) is 0. The lowest BCUT2D eigenvalue weighted by Crippen LogP contribution is -1.91. The van der Waals surface area contributed by atoms with Gasteiger partial charge in [0.1, 0.15) is 0 Å². The summed E-state index contributed by atoms with van der Waals surface area (Å²) in [4.78, 5) is 0. The van der Waals surface area contributed by atoms with Gasteiger partial charge in [-0.15, -0.1) is 0 Å². The summed E-state index contributed by atoms with van der Waals surface area (Å²) < 4.78 is 0. The molecule has 0 heteroatoms. The van der Waals surface area contributed by atoms with Crippen molar-refractivity contribution in [1.29, 1.82) is 0 Å². The molecule has 0 atom stereocenters. The van der Waals surface area contributed by atoms with E-state index >= 15 is 0 Å². The highest BCUT2D eigenvalue weighted by atomic mass is 14.3. The largest absolute Gasteiger partial charge is 0.0619 e. The Morgan fingerprint density at radius 2 is 0.875 bits per heavy atom. The number of benzene rings is 5. The van der Waals surface area contributed by atoms with Crippen LogP contribution in [-0.4, -0.2) is 0 Å². The van der Waals surface area contributed by atoms with Crippen LogP contribution in [0.2, 0.25) is 0 Å². The fraction of sp³-hybridized carbons (Fsp3) is 0.0625. The highest BCUT2D eigenvalue weighted by molar-refractivity contribution is 5.92. The summed E-state index contributed by atoms with van der Waals surface area (Å²) in [6, 6.07) is 40.4. The van der Waals surface area contributed by atoms with Crippen LogP contribution in [-0.2, 0) is 12.8 Å². The van der Waals surface area contributed by atoms with Crippen LogP contribution in [0.15, 0.2) is 109 Å². The fourth-order valence-corrected chi connectivity index (χ4v) is 5.67. The lowest BCUT2D eigenvalue weighted by Gasteiger charge is -2.15. The molecule has 0 radical (unpaired) electrons. The molecule has 0 fully saturated rings. The predicted molar refractivity (Wildman–Crippen MR) is 134 cm³/mol. The Labute approximate surface area is 188 Å². The summed E-state index contributed by atoms with van der Waals surface area (Å²) in [5.41, 5.74) is 16.6. The molecule has 0 amide bonds. The lowest BCUT2D eigenvalue weighted by molar-refractivity contribution is 1.26. The van der Waals surface area contributed by atoms with Gasteiger partial charge >= 0.3 is 0 Å². The number of hydrogen-bond donors (Lipinski definition) is 0. The standard InChI is InChI=1S/C32H22/c1-4-12-27-21(8-1)18-23-16-17-24(19-31(23)27)26-11-5-6-13-28(26)30-15-7-14-29-25-10-3-2-9-22(25)20-32(29)30/h1-17,19H,18,20H2. The van der Waals surface area contributed by atoms with Crippen molar-refractivity contribution in [3.63, 3.8) is 0 Å². The molecule has 0 bridgehead atoms. The van der Waals surface area contributed by atoms with Crippen molar-refractivity contribution in [3.8, 4) is 44.5 Å². The first-order valence-corrected chi connectivity index (χ1v) is 11.4. The lowest BCUT2D eigenvalue weighted by atomic mass is 9.89. The molecule has 7 rings (SSSR count). The molecular formula is C32H22. The Kier molecular flexibility index (Phi) is 3.77. The summed E-state index contributed by atoms with van der Waals surface area (Å²) in [5, 5.41) is 0. The van der Waals surface area contributed by atoms with E-state index in [4.69, 9.17) is 0 Å². The molecule has 0 aliphatic heterocycles. The molecular weight excluding hydrogens is 384 g/mol. The zero-order chi connectivity index (χ0) is 21.1. The first-order valence-electron chi connectivity index (χ1n) is 11.4. The molecule has 0 heterocycles. The summed E-state index contributed by atoms with van der Waals surface area (Å²) >= 11 is 0. The van der Waals surface area contributed by atoms with Crippen LogP contribution in [0.3, 0.4) is 0 Å². The van der Waals surface area contributed by atoms with Crippen LogP contribution in [0.4, 0.5) is 0 Å². The predicted octanol–water partition coefficient (Wildman–Crippen LogP) is 8.16. The molecule has 32 heavy (non-hydrogen) atoms. The molecule has 0 aromatic heterocycles. The Bertz CT molecular complexity index is 1520. The highest BCUT2D eigenvalue weighted by Gasteiger charge is 2.23. The van der Waals surface area contributed by atoms with Gasteiger partial charge in [-0.05, 0) is 85.7 Å². The van der Waals surface area contributed by atoms with Gasteiger partial charge in [0, 0.05) is 0 Å². The van der Waals surface area contributed by atoms with Crippen LogP contribution in [0.25, 0.3) is 44.5 Å². The first-order chi connectivity index (χ1) is 15.9. The van der Waals surface area contributed by atoms with Crippen LogP contribution in [0, 0.1) is 0 Å². The van der Waals surface area contributed by atoms with Crippen molar-refractivity contribution in [2.45, 2.75) is 12.8 Å². The van der Waals surface area contributed by atoms with Gasteiger partial charge < -0.3 is 0 Å². The SMILES string of the molecule is c1ccc2c(c1)Cc1ccc(-c3ccccc3-c3cccc4c3Cc3ccccc3-4)cc1-2. The average Bonchev–Trinajstić information content (AvgIpc) is 3.42. The minimum Gasteiger partial charge on any atom is -0.0619 e. The van der Waals surface area contributed by atoms with Crippen LogP contribution in [0.1, 0.15) is 22.3 Å². The molecule has 0 spiro atoms. The smallest absolute Gasteiger partial charge is 0.000728 e. The number of fused-ring (bicyclic) bond motifs is 6. The van der Waals surface area contributed by atoms with Gasteiger partial charge in [0.25, 0.3) is 0 Å². The molecule has 5 aromatic carbocycles. The van der Waals surface area contributed by atoms with Crippen molar-refractivity contribution >= 4 is 0 Å². The topological polar surface area (TPSA) is 0 Å². The van der Waals surface area contributed by atoms with E-state index < -0.39 is 0 Å². The molecule has 0 N–H and O–H groups in total. The number of hydrogen-bond acceptors (Lipinski definition) is 0. The third-order valence-corrected chi connectivity index (χ3v) is 7.18. The van der Waals surface area contributed by atoms with E-state index in [-0.39, 0.29) is 0 Å². The third-order valence-electron chi connectivity index (χ3n) is 7.18. The van der Waals surface area contributed by atoms with E-state index in [1.165, 1.54) is 66.8 Å². The Morgan fingerprint density at radius 3 is 1.66 bits per heavy atom. The first kappa shape index (κ1) is 17.7. The second kappa shape index (κ2) is 6.80. The van der Waals surface area contributed by atoms with Crippen molar-refractivity contribution in [2.75, 3.05) is 0 Å². The molecule has 2 aliphatic carbocycles. The highest BCUT2D eigenvalue weighted by Crippen LogP contribution is 2.45. The quantitative estimate of drug-likeness (QED) is 0.272. The second-order valence-electron chi connectivity index (χ2n) is 8.92. The third kappa shape index (κ3) is 2.56. The molecule has 0 saturated heterocycles. The van der Waals surface area contributed by atoms with Gasteiger partial charge in [0.15, 0.2) is 0 Å². The summed E-state index contributed by atoms with van der Waals surface area (Å²) in [5.74, 6) is 0. The zero-order valence-electron chi connectivity index (χ0n) is 17.8. The monoisotopic (exact) mass is 406 g/mol. The average molecular weight is 407 g/mol. The normalized spacial score (nSPS) is 12.8. The van der Waals surface area contributed by atoms with E-state index in [2.05, 4.69) is 109 Å². The molecule has 0 unspecified atom stereocenters. The van der Waals surface area contributed by atoms with Gasteiger partial charge in [-0.3, -0.25) is 0 Å². The van der Waals surface area contributed by atoms with Crippen LogP contribution >= 0.6 is 0 Å². The van der Waals surface area contributed by atoms with E-state index in [0.717, 1.165) is 12.8 Å². The molecule has 2 aliphatic rings. The van der Waals surface area contributed by atoms with E-state index in [1.807, 2.05) is 0 Å². The molecule has 150 valence electrons. The van der Waals surface area contributed by atoms with Crippen molar-refractivity contribution in [1.82, 2.24) is 0 Å². The van der Waals surface area contributed by atoms with Crippen LogP contribution < -0.4 is 0 Å². The maximum Gasteiger partial charge on any atom is -0.000728 e. The van der Waals surface area contributed by atoms with Gasteiger partial charge in [0.2, 0.25) is 0 Å².